The lowest BCUT2D eigenvalue weighted by atomic mass is 9.83. The molecule has 2 rings (SSSR count). The van der Waals surface area contributed by atoms with E-state index in [0.717, 1.165) is 0 Å². The van der Waals surface area contributed by atoms with E-state index in [1.165, 1.54) is 51.7 Å². The molecule has 200 valence electrons. The second-order valence-corrected chi connectivity index (χ2v) is 7.07. The lowest BCUT2D eigenvalue weighted by molar-refractivity contribution is -0.150. The zero-order chi connectivity index (χ0) is 24.5. The van der Waals surface area contributed by atoms with Crippen LogP contribution in [0.4, 0.5) is 5.95 Å². The Bertz CT molecular complexity index is 589. The second kappa shape index (κ2) is 22.3. The van der Waals surface area contributed by atoms with E-state index in [2.05, 4.69) is 61.3 Å². The lowest BCUT2D eigenvalue weighted by Gasteiger charge is -2.30. The van der Waals surface area contributed by atoms with Crippen LogP contribution in [0.2, 0.25) is 0 Å². The fraction of sp³-hybridized carbons (Fsp3) is 0.762. The Morgan fingerprint density at radius 2 is 1.38 bits per heavy atom. The molecule has 0 aromatic carbocycles. The highest BCUT2D eigenvalue weighted by Gasteiger charge is 2.27. The van der Waals surface area contributed by atoms with Gasteiger partial charge in [0, 0.05) is 24.4 Å². The molecular formula is C21H44BCl2N5O5. The van der Waals surface area contributed by atoms with Gasteiger partial charge in [0.15, 0.2) is 6.10 Å². The van der Waals surface area contributed by atoms with E-state index < -0.39 is 19.2 Å². The van der Waals surface area contributed by atoms with Crippen molar-refractivity contribution in [3.63, 3.8) is 0 Å². The predicted octanol–water partition coefficient (Wildman–Crippen LogP) is 0.986. The molecule has 1 fully saturated rings. The molecule has 0 unspecified atom stereocenters. The van der Waals surface area contributed by atoms with Crippen LogP contribution in [-0.2, 0) is 9.53 Å². The highest BCUT2D eigenvalue weighted by atomic mass is 35.5. The summed E-state index contributed by atoms with van der Waals surface area (Å²) in [6.45, 7) is 21.2. The molecule has 13 heteroatoms. The van der Waals surface area contributed by atoms with Crippen molar-refractivity contribution in [1.82, 2.24) is 19.8 Å². The Kier molecular flexibility index (Phi) is 24.5. The number of nitrogens with zero attached hydrogens (tertiary/aromatic N) is 5. The fourth-order valence-electron chi connectivity index (χ4n) is 2.95. The number of hydrogen-bond donors (Lipinski definition) is 3. The number of aromatic nitrogens is 2. The van der Waals surface area contributed by atoms with Gasteiger partial charge < -0.3 is 34.6 Å². The Labute approximate surface area is 217 Å². The maximum Gasteiger partial charge on any atom is 0.491 e. The third-order valence-corrected chi connectivity index (χ3v) is 5.26. The van der Waals surface area contributed by atoms with Crippen LogP contribution in [-0.4, -0.2) is 113 Å². The Balaban J connectivity index is -0.000000506. The van der Waals surface area contributed by atoms with Gasteiger partial charge in [-0.05, 0) is 39.3 Å². The average Bonchev–Trinajstić information content (AvgIpc) is 2.82. The molecule has 10 nitrogen and oxygen atoms in total. The van der Waals surface area contributed by atoms with Gasteiger partial charge in [-0.1, -0.05) is 41.5 Å². The number of carbonyl (C=O) groups is 1. The summed E-state index contributed by atoms with van der Waals surface area (Å²) in [5, 5.41) is 26.7. The van der Waals surface area contributed by atoms with Crippen LogP contribution in [0, 0.1) is 0 Å². The molecule has 0 bridgehead atoms. The number of anilines is 1. The van der Waals surface area contributed by atoms with Crippen molar-refractivity contribution in [3.05, 3.63) is 12.4 Å². The minimum absolute atomic E-state index is 0. The van der Waals surface area contributed by atoms with Gasteiger partial charge in [0.05, 0.1) is 13.2 Å². The maximum absolute atomic E-state index is 10.8. The smallest absolute Gasteiger partial charge is 0.479 e. The van der Waals surface area contributed by atoms with Crippen molar-refractivity contribution in [2.45, 2.75) is 47.6 Å². The van der Waals surface area contributed by atoms with Crippen LogP contribution in [0.5, 0.6) is 0 Å². The molecule has 1 aromatic rings. The molecule has 1 atom stereocenters. The van der Waals surface area contributed by atoms with E-state index in [1.54, 1.807) is 4.90 Å². The zero-order valence-electron chi connectivity index (χ0n) is 21.4. The minimum atomic E-state index is -1.62. The monoisotopic (exact) mass is 527 g/mol. The quantitative estimate of drug-likeness (QED) is 0.400. The SMILES string of the molecule is CCN(CC)CC.CCN(CC)CC.Cl.Cl.O=C(O)[C@@H]1CN(c2ncc(B(O)O)cn2)CCO1. The van der Waals surface area contributed by atoms with Gasteiger partial charge in [-0.2, -0.15) is 0 Å². The molecule has 2 heterocycles. The number of carboxylic acids is 1. The standard InChI is InChI=1S/C9H12BN3O5.2C6H15N.2ClH/c14-8(15)7-5-13(1-2-18-7)9-11-3-6(4-12-9)10(16)17;2*1-4-7(5-2)6-3;;/h3-4,7,16-17H,1-2,5H2,(H,14,15);2*4-6H2,1-3H3;2*1H/t7-;;;;/m0..../s1. The van der Waals surface area contributed by atoms with Crippen LogP contribution >= 0.6 is 24.8 Å². The molecule has 1 aromatic heterocycles. The van der Waals surface area contributed by atoms with Gasteiger partial charge >= 0.3 is 13.1 Å². The summed E-state index contributed by atoms with van der Waals surface area (Å²) < 4.78 is 5.08. The molecule has 1 saturated heterocycles. The summed E-state index contributed by atoms with van der Waals surface area (Å²) in [5.74, 6) is -0.684. The summed E-state index contributed by atoms with van der Waals surface area (Å²) in [4.78, 5) is 25.2. The summed E-state index contributed by atoms with van der Waals surface area (Å²) in [6, 6.07) is 0. The molecule has 0 aliphatic carbocycles. The van der Waals surface area contributed by atoms with E-state index in [1.807, 2.05) is 0 Å². The summed E-state index contributed by atoms with van der Waals surface area (Å²) in [5.41, 5.74) is 0.182. The average molecular weight is 528 g/mol. The van der Waals surface area contributed by atoms with Crippen LogP contribution in [0.15, 0.2) is 12.4 Å². The molecule has 3 N–H and O–H groups in total. The number of ether oxygens (including phenoxy) is 1. The van der Waals surface area contributed by atoms with Crippen molar-refractivity contribution in [3.8, 4) is 0 Å². The zero-order valence-corrected chi connectivity index (χ0v) is 23.0. The van der Waals surface area contributed by atoms with Gasteiger partial charge in [0.2, 0.25) is 5.95 Å². The fourth-order valence-corrected chi connectivity index (χ4v) is 2.95. The number of aliphatic carboxylic acids is 1. The highest BCUT2D eigenvalue weighted by Crippen LogP contribution is 2.11. The molecule has 0 amide bonds. The lowest BCUT2D eigenvalue weighted by Crippen LogP contribution is -2.47. The Morgan fingerprint density at radius 3 is 1.68 bits per heavy atom. The van der Waals surface area contributed by atoms with Gasteiger partial charge in [-0.15, -0.1) is 24.8 Å². The molecule has 1 aliphatic rings. The molecule has 0 spiro atoms. The van der Waals surface area contributed by atoms with Crippen molar-refractivity contribution < 1.29 is 24.7 Å². The predicted molar refractivity (Wildman–Crippen MR) is 143 cm³/mol. The Hall–Kier alpha value is -1.21. The van der Waals surface area contributed by atoms with Crippen molar-refractivity contribution in [2.75, 3.05) is 63.9 Å². The van der Waals surface area contributed by atoms with E-state index in [-0.39, 0.29) is 43.4 Å². The van der Waals surface area contributed by atoms with Gasteiger partial charge in [0.1, 0.15) is 0 Å². The number of hydrogen-bond acceptors (Lipinski definition) is 9. The number of morpholine rings is 1. The molecule has 34 heavy (non-hydrogen) atoms. The first-order chi connectivity index (χ1) is 15.3. The van der Waals surface area contributed by atoms with E-state index in [0.29, 0.717) is 12.5 Å². The first-order valence-corrected chi connectivity index (χ1v) is 11.5. The topological polar surface area (TPSA) is 122 Å². The van der Waals surface area contributed by atoms with E-state index in [9.17, 15) is 4.79 Å². The first kappa shape index (κ1) is 37.3. The van der Waals surface area contributed by atoms with Crippen LogP contribution in [0.1, 0.15) is 41.5 Å². The number of carboxylic acid groups (broad SMARTS) is 1. The number of halogens is 2. The third-order valence-electron chi connectivity index (χ3n) is 5.26. The highest BCUT2D eigenvalue weighted by molar-refractivity contribution is 6.58. The van der Waals surface area contributed by atoms with Gasteiger partial charge in [-0.3, -0.25) is 0 Å². The summed E-state index contributed by atoms with van der Waals surface area (Å²) in [7, 11) is -1.62. The molecule has 1 aliphatic heterocycles. The van der Waals surface area contributed by atoms with Gasteiger partial charge in [-0.25, -0.2) is 14.8 Å². The third kappa shape index (κ3) is 14.9. The van der Waals surface area contributed by atoms with Crippen molar-refractivity contribution >= 4 is 49.3 Å². The second-order valence-electron chi connectivity index (χ2n) is 7.07. The largest absolute Gasteiger partial charge is 0.491 e. The van der Waals surface area contributed by atoms with Gasteiger partial charge in [0.25, 0.3) is 0 Å². The minimum Gasteiger partial charge on any atom is -0.479 e. The molecule has 0 radical (unpaired) electrons. The Morgan fingerprint density at radius 1 is 0.971 bits per heavy atom. The maximum atomic E-state index is 10.8. The van der Waals surface area contributed by atoms with E-state index in [4.69, 9.17) is 19.9 Å². The van der Waals surface area contributed by atoms with Crippen LogP contribution < -0.4 is 10.4 Å². The summed E-state index contributed by atoms with van der Waals surface area (Å²) in [6.07, 6.45) is 1.68. The summed E-state index contributed by atoms with van der Waals surface area (Å²) >= 11 is 0. The van der Waals surface area contributed by atoms with Crippen LogP contribution in [0.3, 0.4) is 0 Å². The van der Waals surface area contributed by atoms with Crippen molar-refractivity contribution in [2.24, 2.45) is 0 Å². The normalized spacial score (nSPS) is 14.6. The number of rotatable bonds is 9. The molecular weight excluding hydrogens is 484 g/mol. The van der Waals surface area contributed by atoms with Crippen molar-refractivity contribution in [1.29, 1.82) is 0 Å². The molecule has 0 saturated carbocycles. The first-order valence-electron chi connectivity index (χ1n) is 11.5. The van der Waals surface area contributed by atoms with Crippen LogP contribution in [0.25, 0.3) is 0 Å². The van der Waals surface area contributed by atoms with E-state index >= 15 is 0 Å².